The van der Waals surface area contributed by atoms with Gasteiger partial charge >= 0.3 is 5.97 Å². The molecule has 0 aliphatic carbocycles. The van der Waals surface area contributed by atoms with Crippen molar-refractivity contribution >= 4 is 11.9 Å². The highest BCUT2D eigenvalue weighted by atomic mass is 16.5. The number of ether oxygens (including phenoxy) is 1. The number of aryl methyl sites for hydroxylation is 1. The molecule has 2 heterocycles. The minimum absolute atomic E-state index is 0.165. The topological polar surface area (TPSA) is 55.3 Å². The second kappa shape index (κ2) is 5.80. The number of rotatable bonds is 3. The number of carbonyl (C=O) groups excluding carboxylic acids is 1. The lowest BCUT2D eigenvalue weighted by molar-refractivity contribution is -0.145. The van der Waals surface area contributed by atoms with E-state index in [0.29, 0.717) is 12.6 Å². The third kappa shape index (κ3) is 2.78. The first-order valence-electron chi connectivity index (χ1n) is 6.45. The zero-order valence-corrected chi connectivity index (χ0v) is 10.9. The van der Waals surface area contributed by atoms with Gasteiger partial charge in [-0.2, -0.15) is 0 Å². The SMILES string of the molecule is CCOC(=O)C1CCCCN1c1nccc(C)n1. The molecule has 0 saturated carbocycles. The lowest BCUT2D eigenvalue weighted by atomic mass is 10.0. The molecule has 98 valence electrons. The van der Waals surface area contributed by atoms with Gasteiger partial charge in [-0.25, -0.2) is 14.8 Å². The van der Waals surface area contributed by atoms with Crippen LogP contribution in [0.2, 0.25) is 0 Å². The van der Waals surface area contributed by atoms with Crippen LogP contribution in [0.25, 0.3) is 0 Å². The van der Waals surface area contributed by atoms with Gasteiger partial charge in [-0.3, -0.25) is 0 Å². The van der Waals surface area contributed by atoms with Gasteiger partial charge in [0.15, 0.2) is 0 Å². The number of nitrogens with zero attached hydrogens (tertiary/aromatic N) is 3. The molecule has 1 fully saturated rings. The van der Waals surface area contributed by atoms with Crippen LogP contribution in [0.4, 0.5) is 5.95 Å². The van der Waals surface area contributed by atoms with E-state index >= 15 is 0 Å². The minimum atomic E-state index is -0.236. The van der Waals surface area contributed by atoms with Crippen LogP contribution in [0.3, 0.4) is 0 Å². The number of carbonyl (C=O) groups is 1. The Morgan fingerprint density at radius 1 is 1.56 bits per heavy atom. The molecule has 0 bridgehead atoms. The summed E-state index contributed by atoms with van der Waals surface area (Å²) >= 11 is 0. The predicted octanol–water partition coefficient (Wildman–Crippen LogP) is 1.71. The quantitative estimate of drug-likeness (QED) is 0.763. The Kier molecular flexibility index (Phi) is 4.12. The molecule has 0 spiro atoms. The van der Waals surface area contributed by atoms with Crippen molar-refractivity contribution in [3.8, 4) is 0 Å². The second-order valence-electron chi connectivity index (χ2n) is 4.46. The van der Waals surface area contributed by atoms with Crippen molar-refractivity contribution in [3.05, 3.63) is 18.0 Å². The molecule has 0 amide bonds. The van der Waals surface area contributed by atoms with Crippen LogP contribution >= 0.6 is 0 Å². The fraction of sp³-hybridized carbons (Fsp3) is 0.615. The Hall–Kier alpha value is -1.65. The van der Waals surface area contributed by atoms with Gasteiger partial charge in [0.2, 0.25) is 5.95 Å². The van der Waals surface area contributed by atoms with Gasteiger partial charge in [0.25, 0.3) is 0 Å². The predicted molar refractivity (Wildman–Crippen MR) is 68.4 cm³/mol. The van der Waals surface area contributed by atoms with E-state index < -0.39 is 0 Å². The maximum atomic E-state index is 11.9. The molecule has 1 aromatic rings. The van der Waals surface area contributed by atoms with Crippen LogP contribution < -0.4 is 4.90 Å². The molecule has 1 aromatic heterocycles. The molecule has 18 heavy (non-hydrogen) atoms. The third-order valence-corrected chi connectivity index (χ3v) is 3.10. The second-order valence-corrected chi connectivity index (χ2v) is 4.46. The van der Waals surface area contributed by atoms with Gasteiger partial charge in [0.05, 0.1) is 6.61 Å². The van der Waals surface area contributed by atoms with Gasteiger partial charge in [-0.15, -0.1) is 0 Å². The molecule has 1 aliphatic rings. The average Bonchev–Trinajstić information content (AvgIpc) is 2.39. The maximum absolute atomic E-state index is 11.9. The fourth-order valence-corrected chi connectivity index (χ4v) is 2.23. The summed E-state index contributed by atoms with van der Waals surface area (Å²) in [7, 11) is 0. The van der Waals surface area contributed by atoms with Gasteiger partial charge in [-0.05, 0) is 39.2 Å². The summed E-state index contributed by atoms with van der Waals surface area (Å²) in [4.78, 5) is 22.6. The fourth-order valence-electron chi connectivity index (χ4n) is 2.23. The molecule has 5 nitrogen and oxygen atoms in total. The smallest absolute Gasteiger partial charge is 0.328 e. The normalized spacial score (nSPS) is 19.7. The Bertz CT molecular complexity index is 422. The molecule has 0 N–H and O–H groups in total. The Labute approximate surface area is 107 Å². The lowest BCUT2D eigenvalue weighted by Crippen LogP contribution is -2.46. The average molecular weight is 249 g/mol. The van der Waals surface area contributed by atoms with E-state index in [1.54, 1.807) is 6.20 Å². The molecule has 0 radical (unpaired) electrons. The third-order valence-electron chi connectivity index (χ3n) is 3.10. The lowest BCUT2D eigenvalue weighted by Gasteiger charge is -2.33. The van der Waals surface area contributed by atoms with Crippen LogP contribution in [0, 0.1) is 6.92 Å². The van der Waals surface area contributed by atoms with Gasteiger partial charge < -0.3 is 9.64 Å². The zero-order valence-electron chi connectivity index (χ0n) is 10.9. The van der Waals surface area contributed by atoms with Crippen LogP contribution in [-0.2, 0) is 9.53 Å². The highest BCUT2D eigenvalue weighted by molar-refractivity contribution is 5.79. The van der Waals surface area contributed by atoms with Crippen molar-refractivity contribution in [1.29, 1.82) is 0 Å². The highest BCUT2D eigenvalue weighted by Gasteiger charge is 2.31. The summed E-state index contributed by atoms with van der Waals surface area (Å²) in [6, 6.07) is 1.62. The van der Waals surface area contributed by atoms with Crippen molar-refractivity contribution in [2.75, 3.05) is 18.1 Å². The summed E-state index contributed by atoms with van der Waals surface area (Å²) in [6.45, 7) is 4.98. The molecular formula is C13H19N3O2. The van der Waals surface area contributed by atoms with E-state index in [9.17, 15) is 4.79 Å². The van der Waals surface area contributed by atoms with Gasteiger partial charge in [0.1, 0.15) is 6.04 Å². The van der Waals surface area contributed by atoms with E-state index in [0.717, 1.165) is 31.5 Å². The van der Waals surface area contributed by atoms with Crippen molar-refractivity contribution < 1.29 is 9.53 Å². The van der Waals surface area contributed by atoms with Crippen LogP contribution in [0.5, 0.6) is 0 Å². The minimum Gasteiger partial charge on any atom is -0.464 e. The standard InChI is InChI=1S/C13H19N3O2/c1-3-18-12(17)11-6-4-5-9-16(11)13-14-8-7-10(2)15-13/h7-8,11H,3-6,9H2,1-2H3. The first-order valence-corrected chi connectivity index (χ1v) is 6.45. The molecule has 5 heteroatoms. The van der Waals surface area contributed by atoms with E-state index in [1.165, 1.54) is 0 Å². The van der Waals surface area contributed by atoms with E-state index in [-0.39, 0.29) is 12.0 Å². The first kappa shape index (κ1) is 12.8. The Balaban J connectivity index is 2.20. The summed E-state index contributed by atoms with van der Waals surface area (Å²) in [6.07, 6.45) is 4.66. The molecule has 0 aromatic carbocycles. The van der Waals surface area contributed by atoms with Gasteiger partial charge in [0, 0.05) is 18.4 Å². The summed E-state index contributed by atoms with van der Waals surface area (Å²) in [5.74, 6) is 0.468. The zero-order chi connectivity index (χ0) is 13.0. The van der Waals surface area contributed by atoms with Crippen molar-refractivity contribution in [2.24, 2.45) is 0 Å². The number of piperidine rings is 1. The van der Waals surface area contributed by atoms with E-state index in [2.05, 4.69) is 9.97 Å². The maximum Gasteiger partial charge on any atom is 0.328 e. The van der Waals surface area contributed by atoms with Crippen molar-refractivity contribution in [3.63, 3.8) is 0 Å². The van der Waals surface area contributed by atoms with E-state index in [1.807, 2.05) is 24.8 Å². The van der Waals surface area contributed by atoms with Crippen LogP contribution in [0.15, 0.2) is 12.3 Å². The van der Waals surface area contributed by atoms with Gasteiger partial charge in [-0.1, -0.05) is 0 Å². The molecule has 1 aliphatic heterocycles. The molecule has 2 rings (SSSR count). The number of anilines is 1. The number of aromatic nitrogens is 2. The highest BCUT2D eigenvalue weighted by Crippen LogP contribution is 2.22. The largest absolute Gasteiger partial charge is 0.464 e. The van der Waals surface area contributed by atoms with Crippen molar-refractivity contribution in [1.82, 2.24) is 9.97 Å². The first-order chi connectivity index (χ1) is 8.72. The number of hydrogen-bond acceptors (Lipinski definition) is 5. The molecule has 1 atom stereocenters. The summed E-state index contributed by atoms with van der Waals surface area (Å²) < 4.78 is 5.13. The summed E-state index contributed by atoms with van der Waals surface area (Å²) in [5, 5.41) is 0. The molecule has 1 saturated heterocycles. The van der Waals surface area contributed by atoms with Crippen LogP contribution in [0.1, 0.15) is 31.9 Å². The number of esters is 1. The van der Waals surface area contributed by atoms with Crippen molar-refractivity contribution in [2.45, 2.75) is 39.2 Å². The molecule has 1 unspecified atom stereocenters. The molecular weight excluding hydrogens is 230 g/mol. The van der Waals surface area contributed by atoms with E-state index in [4.69, 9.17) is 4.74 Å². The van der Waals surface area contributed by atoms with Crippen LogP contribution in [-0.4, -0.2) is 35.1 Å². The monoisotopic (exact) mass is 249 g/mol. The Morgan fingerprint density at radius 3 is 3.11 bits per heavy atom. The Morgan fingerprint density at radius 2 is 2.39 bits per heavy atom. The summed E-state index contributed by atoms with van der Waals surface area (Å²) in [5.41, 5.74) is 0.910. The number of hydrogen-bond donors (Lipinski definition) is 0.